The zero-order valence-electron chi connectivity index (χ0n) is 15.1. The summed E-state index contributed by atoms with van der Waals surface area (Å²) in [6.07, 6.45) is 3.38. The zero-order valence-corrected chi connectivity index (χ0v) is 15.1. The predicted molar refractivity (Wildman–Crippen MR) is 96.5 cm³/mol. The molecule has 1 aromatic carbocycles. The molecule has 136 valence electrons. The van der Waals surface area contributed by atoms with Crippen molar-refractivity contribution in [3.05, 3.63) is 36.7 Å². The first-order chi connectivity index (χ1) is 12.8. The van der Waals surface area contributed by atoms with Crippen LogP contribution in [0.5, 0.6) is 17.2 Å². The van der Waals surface area contributed by atoms with Gasteiger partial charge in [-0.2, -0.15) is 4.98 Å². The Morgan fingerprint density at radius 3 is 2.19 bits per heavy atom. The monoisotopic (exact) mass is 355 g/mol. The molecule has 0 amide bonds. The van der Waals surface area contributed by atoms with Gasteiger partial charge in [-0.25, -0.2) is 0 Å². The van der Waals surface area contributed by atoms with E-state index in [1.165, 1.54) is 0 Å². The fraction of sp³-hybridized carbons (Fsp3) is 0.316. The highest BCUT2D eigenvalue weighted by Crippen LogP contribution is 2.41. The van der Waals surface area contributed by atoms with Gasteiger partial charge in [-0.3, -0.25) is 4.98 Å². The minimum atomic E-state index is 0.369. The molecule has 0 saturated heterocycles. The van der Waals surface area contributed by atoms with Crippen molar-refractivity contribution in [2.75, 3.05) is 19.8 Å². The van der Waals surface area contributed by atoms with Crippen molar-refractivity contribution >= 4 is 0 Å². The van der Waals surface area contributed by atoms with Gasteiger partial charge in [0.15, 0.2) is 11.5 Å². The molecule has 0 bridgehead atoms. The summed E-state index contributed by atoms with van der Waals surface area (Å²) in [5, 5.41) is 4.03. The number of hydrogen-bond donors (Lipinski definition) is 0. The Labute approximate surface area is 151 Å². The molecule has 7 nitrogen and oxygen atoms in total. The minimum Gasteiger partial charge on any atom is -0.490 e. The van der Waals surface area contributed by atoms with E-state index in [2.05, 4.69) is 15.1 Å². The van der Waals surface area contributed by atoms with Crippen LogP contribution < -0.4 is 14.2 Å². The first-order valence-electron chi connectivity index (χ1n) is 8.57. The van der Waals surface area contributed by atoms with Crippen LogP contribution >= 0.6 is 0 Å². The molecule has 0 aliphatic rings. The van der Waals surface area contributed by atoms with Crippen molar-refractivity contribution in [2.45, 2.75) is 20.8 Å². The first-order valence-corrected chi connectivity index (χ1v) is 8.57. The van der Waals surface area contributed by atoms with Gasteiger partial charge in [0.2, 0.25) is 11.6 Å². The standard InChI is InChI=1S/C19H21N3O4/c1-4-23-15-10-14(11-16(24-5-2)17(15)25-6-3)19-21-18(22-26-19)13-8-7-9-20-12-13/h7-12H,4-6H2,1-3H3. The topological polar surface area (TPSA) is 79.5 Å². The highest BCUT2D eigenvalue weighted by Gasteiger charge is 2.19. The fourth-order valence-electron chi connectivity index (χ4n) is 2.47. The Hall–Kier alpha value is -3.09. The van der Waals surface area contributed by atoms with E-state index in [1.54, 1.807) is 12.4 Å². The Morgan fingerprint density at radius 1 is 0.923 bits per heavy atom. The predicted octanol–water partition coefficient (Wildman–Crippen LogP) is 3.99. The number of aromatic nitrogens is 3. The van der Waals surface area contributed by atoms with Crippen molar-refractivity contribution in [3.63, 3.8) is 0 Å². The second kappa shape index (κ2) is 8.33. The molecule has 7 heteroatoms. The molecule has 3 rings (SSSR count). The van der Waals surface area contributed by atoms with Crippen LogP contribution in [0.15, 0.2) is 41.2 Å². The van der Waals surface area contributed by atoms with Crippen LogP contribution in [-0.4, -0.2) is 34.9 Å². The van der Waals surface area contributed by atoms with Crippen LogP contribution in [0.4, 0.5) is 0 Å². The highest BCUT2D eigenvalue weighted by molar-refractivity contribution is 5.67. The number of ether oxygens (including phenoxy) is 3. The number of hydrogen-bond acceptors (Lipinski definition) is 7. The molecule has 2 heterocycles. The van der Waals surface area contributed by atoms with E-state index in [0.29, 0.717) is 54.3 Å². The van der Waals surface area contributed by atoms with Gasteiger partial charge < -0.3 is 18.7 Å². The summed E-state index contributed by atoms with van der Waals surface area (Å²) in [6.45, 7) is 7.24. The SMILES string of the molecule is CCOc1cc(-c2nc(-c3cccnc3)no2)cc(OCC)c1OCC. The molecular formula is C19H21N3O4. The van der Waals surface area contributed by atoms with Crippen LogP contribution in [0.2, 0.25) is 0 Å². The lowest BCUT2D eigenvalue weighted by atomic mass is 10.1. The van der Waals surface area contributed by atoms with Crippen molar-refractivity contribution in [1.82, 2.24) is 15.1 Å². The summed E-state index contributed by atoms with van der Waals surface area (Å²) < 4.78 is 22.6. The van der Waals surface area contributed by atoms with Gasteiger partial charge >= 0.3 is 0 Å². The van der Waals surface area contributed by atoms with Crippen LogP contribution in [-0.2, 0) is 0 Å². The zero-order chi connectivity index (χ0) is 18.4. The number of rotatable bonds is 8. The van der Waals surface area contributed by atoms with Crippen molar-refractivity contribution in [3.8, 4) is 40.1 Å². The number of pyridine rings is 1. The lowest BCUT2D eigenvalue weighted by Gasteiger charge is -2.16. The third-order valence-electron chi connectivity index (χ3n) is 3.50. The molecule has 0 spiro atoms. The maximum Gasteiger partial charge on any atom is 0.258 e. The summed E-state index contributed by atoms with van der Waals surface area (Å²) in [5.74, 6) is 2.58. The molecular weight excluding hydrogens is 334 g/mol. The van der Waals surface area contributed by atoms with Crippen LogP contribution in [0.1, 0.15) is 20.8 Å². The molecule has 0 aliphatic carbocycles. The maximum absolute atomic E-state index is 5.73. The third kappa shape index (κ3) is 3.77. The lowest BCUT2D eigenvalue weighted by molar-refractivity contribution is 0.261. The van der Waals surface area contributed by atoms with E-state index in [9.17, 15) is 0 Å². The third-order valence-corrected chi connectivity index (χ3v) is 3.50. The van der Waals surface area contributed by atoms with E-state index < -0.39 is 0 Å². The van der Waals surface area contributed by atoms with E-state index in [1.807, 2.05) is 45.0 Å². The molecule has 26 heavy (non-hydrogen) atoms. The summed E-state index contributed by atoms with van der Waals surface area (Å²) in [4.78, 5) is 8.53. The van der Waals surface area contributed by atoms with Crippen molar-refractivity contribution < 1.29 is 18.7 Å². The van der Waals surface area contributed by atoms with Gasteiger partial charge in [0.25, 0.3) is 5.89 Å². The van der Waals surface area contributed by atoms with Gasteiger partial charge in [0.05, 0.1) is 19.8 Å². The Balaban J connectivity index is 2.03. The average molecular weight is 355 g/mol. The van der Waals surface area contributed by atoms with Crippen LogP contribution in [0, 0.1) is 0 Å². The molecule has 2 aromatic heterocycles. The molecule has 0 fully saturated rings. The maximum atomic E-state index is 5.73. The molecule has 0 unspecified atom stereocenters. The van der Waals surface area contributed by atoms with E-state index in [-0.39, 0.29) is 0 Å². The Morgan fingerprint density at radius 2 is 1.62 bits per heavy atom. The summed E-state index contributed by atoms with van der Waals surface area (Å²) in [6, 6.07) is 7.33. The van der Waals surface area contributed by atoms with Crippen LogP contribution in [0.3, 0.4) is 0 Å². The quantitative estimate of drug-likeness (QED) is 0.604. The lowest BCUT2D eigenvalue weighted by Crippen LogP contribution is -2.03. The summed E-state index contributed by atoms with van der Waals surface area (Å²) in [5.41, 5.74) is 1.48. The van der Waals surface area contributed by atoms with Crippen LogP contribution in [0.25, 0.3) is 22.8 Å². The van der Waals surface area contributed by atoms with Gasteiger partial charge in [0, 0.05) is 23.5 Å². The fourth-order valence-corrected chi connectivity index (χ4v) is 2.47. The number of nitrogens with zero attached hydrogens (tertiary/aromatic N) is 3. The first kappa shape index (κ1) is 17.7. The normalized spacial score (nSPS) is 10.6. The highest BCUT2D eigenvalue weighted by atomic mass is 16.5. The second-order valence-electron chi connectivity index (χ2n) is 5.27. The Bertz CT molecular complexity index is 822. The second-order valence-corrected chi connectivity index (χ2v) is 5.27. The van der Waals surface area contributed by atoms with Crippen molar-refractivity contribution in [2.24, 2.45) is 0 Å². The summed E-state index contributed by atoms with van der Waals surface area (Å²) in [7, 11) is 0. The van der Waals surface area contributed by atoms with Gasteiger partial charge in [-0.05, 0) is 45.0 Å². The van der Waals surface area contributed by atoms with E-state index in [0.717, 1.165) is 5.56 Å². The summed E-state index contributed by atoms with van der Waals surface area (Å²) >= 11 is 0. The van der Waals surface area contributed by atoms with E-state index >= 15 is 0 Å². The van der Waals surface area contributed by atoms with Crippen molar-refractivity contribution in [1.29, 1.82) is 0 Å². The Kier molecular flexibility index (Phi) is 5.68. The molecule has 0 atom stereocenters. The van der Waals surface area contributed by atoms with Gasteiger partial charge in [-0.15, -0.1) is 0 Å². The number of benzene rings is 1. The van der Waals surface area contributed by atoms with Gasteiger partial charge in [-0.1, -0.05) is 5.16 Å². The largest absolute Gasteiger partial charge is 0.490 e. The average Bonchev–Trinajstić information content (AvgIpc) is 3.15. The molecule has 0 saturated carbocycles. The molecule has 0 N–H and O–H groups in total. The smallest absolute Gasteiger partial charge is 0.258 e. The van der Waals surface area contributed by atoms with Gasteiger partial charge in [0.1, 0.15) is 0 Å². The minimum absolute atomic E-state index is 0.369. The molecule has 0 aliphatic heterocycles. The molecule has 3 aromatic rings. The van der Waals surface area contributed by atoms with E-state index in [4.69, 9.17) is 18.7 Å². The molecule has 0 radical (unpaired) electrons.